The summed E-state index contributed by atoms with van der Waals surface area (Å²) in [5, 5.41) is 4.56. The first-order chi connectivity index (χ1) is 6.83. The lowest BCUT2D eigenvalue weighted by Crippen LogP contribution is -2.09. The molecule has 0 aliphatic heterocycles. The summed E-state index contributed by atoms with van der Waals surface area (Å²) in [6.45, 7) is 1.04. The molecule has 0 saturated heterocycles. The van der Waals surface area contributed by atoms with Crippen molar-refractivity contribution in [3.8, 4) is 0 Å². The van der Waals surface area contributed by atoms with Crippen LogP contribution in [0.2, 0.25) is 0 Å². The van der Waals surface area contributed by atoms with Gasteiger partial charge in [-0.2, -0.15) is 0 Å². The van der Waals surface area contributed by atoms with Crippen LogP contribution in [0.4, 0.5) is 0 Å². The van der Waals surface area contributed by atoms with Gasteiger partial charge in [-0.1, -0.05) is 18.2 Å². The predicted molar refractivity (Wildman–Crippen MR) is 60.5 cm³/mol. The van der Waals surface area contributed by atoms with E-state index in [1.54, 1.807) is 0 Å². The van der Waals surface area contributed by atoms with Gasteiger partial charge >= 0.3 is 0 Å². The summed E-state index contributed by atoms with van der Waals surface area (Å²) in [6.07, 6.45) is 3.32. The van der Waals surface area contributed by atoms with E-state index in [0.717, 1.165) is 13.0 Å². The lowest BCUT2D eigenvalue weighted by molar-refractivity contribution is 0.791. The molecule has 1 aromatic carbocycles. The Kier molecular flexibility index (Phi) is 2.55. The summed E-state index contributed by atoms with van der Waals surface area (Å²) in [5.41, 5.74) is 2.75. The Morgan fingerprint density at radius 1 is 1.29 bits per heavy atom. The Labute approximate surface area is 84.5 Å². The van der Waals surface area contributed by atoms with Crippen molar-refractivity contribution >= 4 is 10.9 Å². The molecule has 0 bridgehead atoms. The molecule has 14 heavy (non-hydrogen) atoms. The smallest absolute Gasteiger partial charge is 0.0480 e. The number of hydrogen-bond acceptors (Lipinski definition) is 1. The summed E-state index contributed by atoms with van der Waals surface area (Å²) < 4.78 is 2.19. The van der Waals surface area contributed by atoms with Gasteiger partial charge in [0, 0.05) is 24.1 Å². The number of aromatic nitrogens is 1. The molecule has 2 nitrogen and oxygen atoms in total. The standard InChI is InChI=1S/C12H16N2/c1-13-8-7-10-9-14(2)12-6-4-3-5-11(10)12/h3-6,9,13H,7-8H2,1-2H3. The highest BCUT2D eigenvalue weighted by molar-refractivity contribution is 5.83. The van der Waals surface area contributed by atoms with Crippen molar-refractivity contribution in [2.45, 2.75) is 6.42 Å². The molecular formula is C12H16N2. The minimum Gasteiger partial charge on any atom is -0.350 e. The van der Waals surface area contributed by atoms with Crippen LogP contribution in [0.1, 0.15) is 5.56 Å². The molecule has 0 aliphatic rings. The summed E-state index contributed by atoms with van der Waals surface area (Å²) in [6, 6.07) is 8.55. The lowest BCUT2D eigenvalue weighted by Gasteiger charge is -1.97. The number of hydrogen-bond donors (Lipinski definition) is 1. The van der Waals surface area contributed by atoms with Gasteiger partial charge in [-0.25, -0.2) is 0 Å². The first-order valence-corrected chi connectivity index (χ1v) is 5.00. The summed E-state index contributed by atoms with van der Waals surface area (Å²) >= 11 is 0. The van der Waals surface area contributed by atoms with Crippen LogP contribution in [-0.4, -0.2) is 18.2 Å². The summed E-state index contributed by atoms with van der Waals surface area (Å²) in [4.78, 5) is 0. The maximum atomic E-state index is 3.18. The quantitative estimate of drug-likeness (QED) is 0.779. The second-order valence-corrected chi connectivity index (χ2v) is 3.64. The van der Waals surface area contributed by atoms with Gasteiger partial charge in [0.15, 0.2) is 0 Å². The minimum atomic E-state index is 1.04. The first kappa shape index (κ1) is 9.28. The van der Waals surface area contributed by atoms with Crippen molar-refractivity contribution in [1.82, 2.24) is 9.88 Å². The number of nitrogens with one attached hydrogen (secondary N) is 1. The van der Waals surface area contributed by atoms with E-state index in [4.69, 9.17) is 0 Å². The zero-order valence-electron chi connectivity index (χ0n) is 8.75. The van der Waals surface area contributed by atoms with Crippen LogP contribution in [-0.2, 0) is 13.5 Å². The molecule has 1 N–H and O–H groups in total. The van der Waals surface area contributed by atoms with Crippen LogP contribution in [0.5, 0.6) is 0 Å². The lowest BCUT2D eigenvalue weighted by atomic mass is 10.1. The van der Waals surface area contributed by atoms with Crippen molar-refractivity contribution in [1.29, 1.82) is 0 Å². The predicted octanol–water partition coefficient (Wildman–Crippen LogP) is 1.94. The third-order valence-corrected chi connectivity index (χ3v) is 2.62. The number of nitrogens with zero attached hydrogens (tertiary/aromatic N) is 1. The molecular weight excluding hydrogens is 172 g/mol. The molecule has 2 heteroatoms. The summed E-state index contributed by atoms with van der Waals surface area (Å²) in [5.74, 6) is 0. The zero-order chi connectivity index (χ0) is 9.97. The maximum Gasteiger partial charge on any atom is 0.0480 e. The molecule has 0 atom stereocenters. The molecule has 74 valence electrons. The van der Waals surface area contributed by atoms with Crippen LogP contribution in [0, 0.1) is 0 Å². The van der Waals surface area contributed by atoms with E-state index in [0.29, 0.717) is 0 Å². The van der Waals surface area contributed by atoms with E-state index in [1.807, 2.05) is 7.05 Å². The van der Waals surface area contributed by atoms with Crippen LogP contribution >= 0.6 is 0 Å². The number of benzene rings is 1. The van der Waals surface area contributed by atoms with Crippen molar-refractivity contribution in [2.24, 2.45) is 7.05 Å². The highest BCUT2D eigenvalue weighted by Crippen LogP contribution is 2.20. The Morgan fingerprint density at radius 2 is 2.07 bits per heavy atom. The van der Waals surface area contributed by atoms with Crippen molar-refractivity contribution in [3.05, 3.63) is 36.0 Å². The Hall–Kier alpha value is -1.28. The molecule has 2 rings (SSSR count). The number of likely N-dealkylation sites (N-methyl/N-ethyl adjacent to an activating group) is 1. The number of fused-ring (bicyclic) bond motifs is 1. The zero-order valence-corrected chi connectivity index (χ0v) is 8.75. The van der Waals surface area contributed by atoms with Crippen LogP contribution in [0.25, 0.3) is 10.9 Å². The number of para-hydroxylation sites is 1. The SMILES string of the molecule is CNCCc1cn(C)c2ccccc12. The molecule has 0 radical (unpaired) electrons. The van der Waals surface area contributed by atoms with Gasteiger partial charge < -0.3 is 9.88 Å². The van der Waals surface area contributed by atoms with Crippen molar-refractivity contribution in [2.75, 3.05) is 13.6 Å². The highest BCUT2D eigenvalue weighted by Gasteiger charge is 2.04. The fraction of sp³-hybridized carbons (Fsp3) is 0.333. The van der Waals surface area contributed by atoms with Gasteiger partial charge in [-0.05, 0) is 31.6 Å². The van der Waals surface area contributed by atoms with E-state index in [2.05, 4.69) is 47.4 Å². The van der Waals surface area contributed by atoms with E-state index in [9.17, 15) is 0 Å². The molecule has 0 spiro atoms. The van der Waals surface area contributed by atoms with Gasteiger partial charge in [-0.3, -0.25) is 0 Å². The highest BCUT2D eigenvalue weighted by atomic mass is 14.9. The van der Waals surface area contributed by atoms with Crippen LogP contribution < -0.4 is 5.32 Å². The van der Waals surface area contributed by atoms with Crippen molar-refractivity contribution in [3.63, 3.8) is 0 Å². The molecule has 0 fully saturated rings. The van der Waals surface area contributed by atoms with Gasteiger partial charge in [0.05, 0.1) is 0 Å². The van der Waals surface area contributed by atoms with E-state index in [1.165, 1.54) is 16.5 Å². The summed E-state index contributed by atoms with van der Waals surface area (Å²) in [7, 11) is 4.09. The maximum absolute atomic E-state index is 3.18. The van der Waals surface area contributed by atoms with Crippen LogP contribution in [0.3, 0.4) is 0 Å². The number of aryl methyl sites for hydroxylation is 1. The van der Waals surface area contributed by atoms with Gasteiger partial charge in [-0.15, -0.1) is 0 Å². The first-order valence-electron chi connectivity index (χ1n) is 5.00. The molecule has 0 aliphatic carbocycles. The second kappa shape index (κ2) is 3.84. The van der Waals surface area contributed by atoms with Gasteiger partial charge in [0.25, 0.3) is 0 Å². The normalized spacial score (nSPS) is 11.0. The third-order valence-electron chi connectivity index (χ3n) is 2.62. The fourth-order valence-electron chi connectivity index (χ4n) is 1.88. The van der Waals surface area contributed by atoms with Gasteiger partial charge in [0.2, 0.25) is 0 Å². The second-order valence-electron chi connectivity index (χ2n) is 3.64. The molecule has 0 unspecified atom stereocenters. The average molecular weight is 188 g/mol. The topological polar surface area (TPSA) is 17.0 Å². The molecule has 2 aromatic rings. The Morgan fingerprint density at radius 3 is 2.86 bits per heavy atom. The molecule has 0 saturated carbocycles. The van der Waals surface area contributed by atoms with Crippen molar-refractivity contribution < 1.29 is 0 Å². The largest absolute Gasteiger partial charge is 0.350 e. The Bertz CT molecular complexity index is 429. The molecule has 1 heterocycles. The van der Waals surface area contributed by atoms with E-state index < -0.39 is 0 Å². The molecule has 1 aromatic heterocycles. The monoisotopic (exact) mass is 188 g/mol. The average Bonchev–Trinajstić information content (AvgIpc) is 2.54. The molecule has 0 amide bonds. The Balaban J connectivity index is 2.44. The minimum absolute atomic E-state index is 1.04. The van der Waals surface area contributed by atoms with Gasteiger partial charge in [0.1, 0.15) is 0 Å². The van der Waals surface area contributed by atoms with Crippen LogP contribution in [0.15, 0.2) is 30.5 Å². The fourth-order valence-corrected chi connectivity index (χ4v) is 1.88. The number of rotatable bonds is 3. The van der Waals surface area contributed by atoms with E-state index in [-0.39, 0.29) is 0 Å². The van der Waals surface area contributed by atoms with E-state index >= 15 is 0 Å². The third kappa shape index (κ3) is 1.53.